The Morgan fingerprint density at radius 2 is 2.40 bits per heavy atom. The molecule has 2 rings (SSSR count). The second-order valence-corrected chi connectivity index (χ2v) is 2.84. The van der Waals surface area contributed by atoms with E-state index >= 15 is 0 Å². The van der Waals surface area contributed by atoms with Crippen molar-refractivity contribution in [2.45, 2.75) is 0 Å². The molecule has 0 bridgehead atoms. The molecule has 1 aromatic rings. The van der Waals surface area contributed by atoms with Gasteiger partial charge in [0.05, 0.1) is 12.2 Å². The van der Waals surface area contributed by atoms with E-state index in [0.717, 1.165) is 15.1 Å². The van der Waals surface area contributed by atoms with Gasteiger partial charge in [0.1, 0.15) is 22.0 Å². The zero-order valence-electron chi connectivity index (χ0n) is 5.10. The predicted octanol–water partition coefficient (Wildman–Crippen LogP) is 1.01. The van der Waals surface area contributed by atoms with Crippen LogP contribution in [0.5, 0.6) is 0 Å². The monoisotopic (exact) mass is 195 g/mol. The first-order chi connectivity index (χ1) is 4.88. The van der Waals surface area contributed by atoms with Gasteiger partial charge >= 0.3 is 5.42 Å². The summed E-state index contributed by atoms with van der Waals surface area (Å²) < 4.78 is 6.16. The molecule has 0 unspecified atom stereocenters. The Labute approximate surface area is 66.5 Å². The first-order valence-electron chi connectivity index (χ1n) is 2.91. The van der Waals surface area contributed by atoms with Crippen molar-refractivity contribution in [3.05, 3.63) is 35.1 Å². The molecular formula is C8H4BrO+. The van der Waals surface area contributed by atoms with Crippen molar-refractivity contribution in [1.82, 2.24) is 0 Å². The Kier molecular flexibility index (Phi) is 1.23. The molecule has 0 radical (unpaired) electrons. The van der Waals surface area contributed by atoms with Gasteiger partial charge in [0, 0.05) is 6.07 Å². The molecule has 1 heterocycles. The first-order valence-corrected chi connectivity index (χ1v) is 3.70. The van der Waals surface area contributed by atoms with Crippen molar-refractivity contribution in [2.24, 2.45) is 0 Å². The Hall–Kier alpha value is -0.850. The maximum absolute atomic E-state index is 5.11. The lowest BCUT2D eigenvalue weighted by Gasteiger charge is -1.77. The number of rotatable bonds is 0. The van der Waals surface area contributed by atoms with Crippen LogP contribution in [-0.4, -0.2) is 0 Å². The van der Waals surface area contributed by atoms with Crippen LogP contribution < -0.4 is 10.6 Å². The van der Waals surface area contributed by atoms with Gasteiger partial charge in [-0.2, -0.15) is 0 Å². The topological polar surface area (TPSA) is 13.1 Å². The minimum atomic E-state index is 0.800. The Bertz CT molecular complexity index is 384. The van der Waals surface area contributed by atoms with Crippen LogP contribution in [0.1, 0.15) is 0 Å². The van der Waals surface area contributed by atoms with Crippen LogP contribution in [0.15, 0.2) is 28.9 Å². The third-order valence-corrected chi connectivity index (χ3v) is 2.06. The molecule has 1 aliphatic rings. The lowest BCUT2D eigenvalue weighted by molar-refractivity contribution is 0.531. The number of hydrogen-bond acceptors (Lipinski definition) is 1. The van der Waals surface area contributed by atoms with Crippen LogP contribution in [0.25, 0.3) is 10.6 Å². The summed E-state index contributed by atoms with van der Waals surface area (Å²) in [6.45, 7) is 0. The predicted molar refractivity (Wildman–Crippen MR) is 42.8 cm³/mol. The number of hydrogen-bond donors (Lipinski definition) is 0. The molecule has 0 aliphatic heterocycles. The van der Waals surface area contributed by atoms with Crippen LogP contribution in [0.2, 0.25) is 0 Å². The summed E-state index contributed by atoms with van der Waals surface area (Å²) in [5.74, 6) is 0. The van der Waals surface area contributed by atoms with Gasteiger partial charge < -0.3 is 4.42 Å². The number of furan rings is 1. The molecule has 0 saturated heterocycles. The molecule has 0 amide bonds. The Morgan fingerprint density at radius 3 is 3.20 bits per heavy atom. The molecule has 0 saturated carbocycles. The maximum atomic E-state index is 5.11. The molecule has 0 spiro atoms. The smallest absolute Gasteiger partial charge is 0.303 e. The molecule has 1 nitrogen and oxygen atoms in total. The van der Waals surface area contributed by atoms with Gasteiger partial charge in [0.25, 0.3) is 0 Å². The molecule has 0 atom stereocenters. The molecule has 0 aromatic carbocycles. The standard InChI is InChI=1S/C8H4BrO/c9-7-2-1-3-8-6(7)4-5-10-8/h1-2,4-5H/q+1. The van der Waals surface area contributed by atoms with Crippen LogP contribution in [0.3, 0.4) is 0 Å². The van der Waals surface area contributed by atoms with Crippen LogP contribution >= 0.6 is 15.9 Å². The fourth-order valence-electron chi connectivity index (χ4n) is 0.889. The largest absolute Gasteiger partial charge is 0.432 e. The summed E-state index contributed by atoms with van der Waals surface area (Å²) in [6.07, 6.45) is 8.41. The van der Waals surface area contributed by atoms with Gasteiger partial charge in [-0.3, -0.25) is 0 Å². The maximum Gasteiger partial charge on any atom is 0.303 e. The normalized spacial score (nSPS) is 13.9. The van der Waals surface area contributed by atoms with Gasteiger partial charge in [-0.05, 0) is 15.9 Å². The number of halogens is 1. The highest BCUT2D eigenvalue weighted by atomic mass is 79.9. The summed E-state index contributed by atoms with van der Waals surface area (Å²) in [5.41, 5.74) is 0.800. The van der Waals surface area contributed by atoms with Crippen molar-refractivity contribution < 1.29 is 4.42 Å². The minimum Gasteiger partial charge on any atom is -0.432 e. The highest BCUT2D eigenvalue weighted by Crippen LogP contribution is 2.06. The summed E-state index contributed by atoms with van der Waals surface area (Å²) in [7, 11) is 0. The average Bonchev–Trinajstić information content (AvgIpc) is 2.36. The van der Waals surface area contributed by atoms with Gasteiger partial charge in [0.15, 0.2) is 0 Å². The number of allylic oxidation sites excluding steroid dienone is 2. The Morgan fingerprint density at radius 1 is 1.50 bits per heavy atom. The van der Waals surface area contributed by atoms with E-state index in [-0.39, 0.29) is 0 Å². The molecule has 48 valence electrons. The molecule has 0 fully saturated rings. The zero-order valence-corrected chi connectivity index (χ0v) is 6.68. The average molecular weight is 196 g/mol. The van der Waals surface area contributed by atoms with Crippen molar-refractivity contribution in [3.63, 3.8) is 0 Å². The molecular weight excluding hydrogens is 192 g/mol. The highest BCUT2D eigenvalue weighted by molar-refractivity contribution is 9.15. The Balaban J connectivity index is 3.01. The van der Waals surface area contributed by atoms with Crippen molar-refractivity contribution in [2.75, 3.05) is 0 Å². The third-order valence-electron chi connectivity index (χ3n) is 1.37. The SMILES string of the molecule is BrC1=c2ccoc2=[C+]C=C1. The lowest BCUT2D eigenvalue weighted by atomic mass is 10.3. The highest BCUT2D eigenvalue weighted by Gasteiger charge is 2.06. The summed E-state index contributed by atoms with van der Waals surface area (Å²) in [4.78, 5) is 0. The second kappa shape index (κ2) is 2.08. The van der Waals surface area contributed by atoms with E-state index in [9.17, 15) is 0 Å². The van der Waals surface area contributed by atoms with E-state index in [2.05, 4.69) is 22.0 Å². The zero-order chi connectivity index (χ0) is 6.97. The molecule has 1 aliphatic carbocycles. The van der Waals surface area contributed by atoms with E-state index in [1.54, 1.807) is 6.26 Å². The van der Waals surface area contributed by atoms with Crippen LogP contribution in [-0.2, 0) is 0 Å². The fourth-order valence-corrected chi connectivity index (χ4v) is 1.33. The van der Waals surface area contributed by atoms with Crippen molar-refractivity contribution in [1.29, 1.82) is 0 Å². The molecule has 10 heavy (non-hydrogen) atoms. The molecule has 1 aromatic heterocycles. The van der Waals surface area contributed by atoms with Crippen molar-refractivity contribution >= 4 is 26.5 Å². The van der Waals surface area contributed by atoms with Gasteiger partial charge in [-0.1, -0.05) is 0 Å². The van der Waals surface area contributed by atoms with Gasteiger partial charge in [-0.15, -0.1) is 0 Å². The van der Waals surface area contributed by atoms with E-state index in [0.29, 0.717) is 0 Å². The molecule has 0 N–H and O–H groups in total. The summed E-state index contributed by atoms with van der Waals surface area (Å²) in [6, 6.07) is 1.91. The van der Waals surface area contributed by atoms with Gasteiger partial charge in [0.2, 0.25) is 0 Å². The molecule has 2 heteroatoms. The van der Waals surface area contributed by atoms with Gasteiger partial charge in [-0.25, -0.2) is 0 Å². The first kappa shape index (κ1) is 5.90. The van der Waals surface area contributed by atoms with E-state index in [1.165, 1.54) is 0 Å². The van der Waals surface area contributed by atoms with E-state index in [4.69, 9.17) is 4.42 Å². The van der Waals surface area contributed by atoms with Crippen LogP contribution in [0, 0.1) is 0 Å². The fraction of sp³-hybridized carbons (Fsp3) is 0. The number of fused-ring (bicyclic) bond motifs is 1. The van der Waals surface area contributed by atoms with Crippen molar-refractivity contribution in [3.8, 4) is 0 Å². The van der Waals surface area contributed by atoms with E-state index < -0.39 is 0 Å². The lowest BCUT2D eigenvalue weighted by Crippen LogP contribution is -2.21. The third kappa shape index (κ3) is 0.737. The van der Waals surface area contributed by atoms with E-state index in [1.807, 2.05) is 18.2 Å². The van der Waals surface area contributed by atoms with Crippen LogP contribution in [0.4, 0.5) is 0 Å². The second-order valence-electron chi connectivity index (χ2n) is 1.99. The minimum absolute atomic E-state index is 0.800. The summed E-state index contributed by atoms with van der Waals surface area (Å²) >= 11 is 3.40. The quantitative estimate of drug-likeness (QED) is 0.564. The summed E-state index contributed by atoms with van der Waals surface area (Å²) in [5, 5.41) is 1.07.